The molecule has 2 bridgehead atoms. The van der Waals surface area contributed by atoms with E-state index in [9.17, 15) is 19.2 Å². The maximum Gasteiger partial charge on any atom is 0.243 e. The van der Waals surface area contributed by atoms with Gasteiger partial charge in [0.25, 0.3) is 0 Å². The first kappa shape index (κ1) is 32.5. The SMILES string of the molecule is NC(=O)[C@H](Cc1ccccc1)NC(=O)[C@@H](Cc1c[nH]c2ccccc12)NC(=O)[C@@H](Cc1csc2ccccc12)NC(=O)C1N[C@@H]2CC[C@H]1C2. The molecular formula is C38H40N6O4S. The molecular weight excluding hydrogens is 637 g/mol. The van der Waals surface area contributed by atoms with Crippen molar-refractivity contribution in [3.8, 4) is 0 Å². The van der Waals surface area contributed by atoms with Gasteiger partial charge < -0.3 is 32.0 Å². The van der Waals surface area contributed by atoms with Gasteiger partial charge in [0.2, 0.25) is 23.6 Å². The smallest absolute Gasteiger partial charge is 0.243 e. The second-order valence-electron chi connectivity index (χ2n) is 13.2. The Morgan fingerprint density at radius 3 is 2.16 bits per heavy atom. The van der Waals surface area contributed by atoms with Crippen LogP contribution in [0.25, 0.3) is 21.0 Å². The number of fused-ring (bicyclic) bond motifs is 4. The molecule has 7 rings (SSSR count). The molecule has 2 aromatic heterocycles. The van der Waals surface area contributed by atoms with Crippen LogP contribution in [0.2, 0.25) is 0 Å². The Labute approximate surface area is 288 Å². The number of carbonyl (C=O) groups is 4. The minimum atomic E-state index is -1.07. The van der Waals surface area contributed by atoms with Crippen molar-refractivity contribution >= 4 is 56.0 Å². The molecule has 49 heavy (non-hydrogen) atoms. The number of H-pyrrole nitrogens is 1. The van der Waals surface area contributed by atoms with E-state index >= 15 is 0 Å². The van der Waals surface area contributed by atoms with Crippen LogP contribution < -0.4 is 27.0 Å². The van der Waals surface area contributed by atoms with E-state index in [2.05, 4.69) is 26.3 Å². The number of primary amides is 1. The summed E-state index contributed by atoms with van der Waals surface area (Å²) in [6.45, 7) is 0. The lowest BCUT2D eigenvalue weighted by atomic mass is 9.97. The number of nitrogens with one attached hydrogen (secondary N) is 5. The van der Waals surface area contributed by atoms with Crippen molar-refractivity contribution in [1.29, 1.82) is 0 Å². The summed E-state index contributed by atoms with van der Waals surface area (Å²) in [4.78, 5) is 57.8. The number of thiophene rings is 1. The largest absolute Gasteiger partial charge is 0.368 e. The Kier molecular flexibility index (Phi) is 9.45. The quantitative estimate of drug-likeness (QED) is 0.113. The third kappa shape index (κ3) is 7.23. The van der Waals surface area contributed by atoms with E-state index in [1.807, 2.05) is 90.4 Å². The summed E-state index contributed by atoms with van der Waals surface area (Å²) in [5.41, 5.74) is 9.26. The Balaban J connectivity index is 1.16. The van der Waals surface area contributed by atoms with Gasteiger partial charge in [0.15, 0.2) is 0 Å². The van der Waals surface area contributed by atoms with Gasteiger partial charge in [0, 0.05) is 47.1 Å². The molecule has 7 N–H and O–H groups in total. The van der Waals surface area contributed by atoms with Crippen LogP contribution in [0.3, 0.4) is 0 Å². The number of para-hydroxylation sites is 1. The van der Waals surface area contributed by atoms with Crippen molar-refractivity contribution in [1.82, 2.24) is 26.3 Å². The highest BCUT2D eigenvalue weighted by Gasteiger charge is 2.43. The van der Waals surface area contributed by atoms with Crippen LogP contribution in [0, 0.1) is 5.92 Å². The number of amides is 4. The molecule has 11 heteroatoms. The van der Waals surface area contributed by atoms with Crippen molar-refractivity contribution in [2.45, 2.75) is 68.7 Å². The Morgan fingerprint density at radius 1 is 0.755 bits per heavy atom. The second-order valence-corrected chi connectivity index (χ2v) is 14.1. The Bertz CT molecular complexity index is 1990. The maximum absolute atomic E-state index is 14.3. The fraction of sp³-hybridized carbons (Fsp3) is 0.316. The molecule has 1 aliphatic carbocycles. The topological polar surface area (TPSA) is 158 Å². The molecule has 0 spiro atoms. The van der Waals surface area contributed by atoms with E-state index in [-0.39, 0.29) is 37.1 Å². The number of carbonyl (C=O) groups excluding carboxylic acids is 4. The van der Waals surface area contributed by atoms with Gasteiger partial charge in [0.05, 0.1) is 6.04 Å². The minimum Gasteiger partial charge on any atom is -0.368 e. The van der Waals surface area contributed by atoms with Gasteiger partial charge in [-0.2, -0.15) is 0 Å². The zero-order valence-corrected chi connectivity index (χ0v) is 27.8. The number of aromatic amines is 1. The van der Waals surface area contributed by atoms with Crippen molar-refractivity contribution < 1.29 is 19.2 Å². The highest BCUT2D eigenvalue weighted by Crippen LogP contribution is 2.35. The molecule has 0 radical (unpaired) electrons. The summed E-state index contributed by atoms with van der Waals surface area (Å²) in [7, 11) is 0. The number of piperidine rings is 1. The zero-order chi connectivity index (χ0) is 33.9. The predicted molar refractivity (Wildman–Crippen MR) is 191 cm³/mol. The van der Waals surface area contributed by atoms with E-state index in [0.29, 0.717) is 6.04 Å². The van der Waals surface area contributed by atoms with E-state index in [1.54, 1.807) is 11.3 Å². The van der Waals surface area contributed by atoms with Crippen molar-refractivity contribution in [2.24, 2.45) is 11.7 Å². The first-order chi connectivity index (χ1) is 23.8. The number of aromatic nitrogens is 1. The zero-order valence-electron chi connectivity index (χ0n) is 27.0. The first-order valence-electron chi connectivity index (χ1n) is 16.8. The highest BCUT2D eigenvalue weighted by molar-refractivity contribution is 7.17. The molecule has 3 aromatic carbocycles. The number of hydrogen-bond acceptors (Lipinski definition) is 6. The molecule has 1 aliphatic heterocycles. The molecule has 2 fully saturated rings. The van der Waals surface area contributed by atoms with E-state index in [0.717, 1.165) is 56.9 Å². The van der Waals surface area contributed by atoms with Gasteiger partial charge in [-0.3, -0.25) is 19.2 Å². The molecule has 1 unspecified atom stereocenters. The summed E-state index contributed by atoms with van der Waals surface area (Å²) in [5, 5.41) is 16.2. The van der Waals surface area contributed by atoms with Crippen molar-refractivity contribution in [3.63, 3.8) is 0 Å². The summed E-state index contributed by atoms with van der Waals surface area (Å²) in [6, 6.07) is 22.0. The molecule has 6 atom stereocenters. The Hall–Kier alpha value is -5.00. The number of nitrogens with two attached hydrogens (primary N) is 1. The molecule has 1 saturated carbocycles. The van der Waals surface area contributed by atoms with E-state index in [4.69, 9.17) is 5.73 Å². The van der Waals surface area contributed by atoms with Crippen LogP contribution >= 0.6 is 11.3 Å². The van der Waals surface area contributed by atoms with Gasteiger partial charge in [-0.05, 0) is 64.8 Å². The second kappa shape index (κ2) is 14.2. The third-order valence-electron chi connectivity index (χ3n) is 9.94. The molecule has 5 aromatic rings. The fourth-order valence-electron chi connectivity index (χ4n) is 7.38. The molecule has 3 heterocycles. The lowest BCUT2D eigenvalue weighted by molar-refractivity contribution is -0.133. The van der Waals surface area contributed by atoms with Crippen LogP contribution in [0.15, 0.2) is 90.4 Å². The summed E-state index contributed by atoms with van der Waals surface area (Å²) < 4.78 is 1.09. The van der Waals surface area contributed by atoms with Crippen molar-refractivity contribution in [2.75, 3.05) is 0 Å². The molecule has 2 aliphatic rings. The first-order valence-corrected chi connectivity index (χ1v) is 17.7. The van der Waals surface area contributed by atoms with Gasteiger partial charge in [-0.15, -0.1) is 11.3 Å². The molecule has 4 amide bonds. The van der Waals surface area contributed by atoms with Crippen LogP contribution in [-0.2, 0) is 38.4 Å². The lowest BCUT2D eigenvalue weighted by Gasteiger charge is -2.27. The van der Waals surface area contributed by atoms with Crippen LogP contribution in [0.5, 0.6) is 0 Å². The van der Waals surface area contributed by atoms with Gasteiger partial charge >= 0.3 is 0 Å². The average molecular weight is 677 g/mol. The van der Waals surface area contributed by atoms with Crippen LogP contribution in [-0.4, -0.2) is 58.8 Å². The summed E-state index contributed by atoms with van der Waals surface area (Å²) in [5.74, 6) is -1.67. The number of hydrogen-bond donors (Lipinski definition) is 6. The lowest BCUT2D eigenvalue weighted by Crippen LogP contribution is -2.59. The maximum atomic E-state index is 14.3. The van der Waals surface area contributed by atoms with Gasteiger partial charge in [-0.25, -0.2) is 0 Å². The average Bonchev–Trinajstić information content (AvgIpc) is 3.93. The monoisotopic (exact) mass is 676 g/mol. The molecule has 10 nitrogen and oxygen atoms in total. The van der Waals surface area contributed by atoms with Crippen molar-refractivity contribution in [3.05, 3.63) is 107 Å². The minimum absolute atomic E-state index is 0.147. The van der Waals surface area contributed by atoms with Crippen LogP contribution in [0.4, 0.5) is 0 Å². The van der Waals surface area contributed by atoms with Crippen LogP contribution in [0.1, 0.15) is 36.0 Å². The third-order valence-corrected chi connectivity index (χ3v) is 10.9. The fourth-order valence-corrected chi connectivity index (χ4v) is 8.35. The number of benzene rings is 3. The normalized spacial score (nSPS) is 20.1. The predicted octanol–water partition coefficient (Wildman–Crippen LogP) is 3.49. The highest BCUT2D eigenvalue weighted by atomic mass is 32.1. The number of rotatable bonds is 13. The molecule has 252 valence electrons. The summed E-state index contributed by atoms with van der Waals surface area (Å²) >= 11 is 1.59. The summed E-state index contributed by atoms with van der Waals surface area (Å²) in [6.07, 6.45) is 5.43. The van der Waals surface area contributed by atoms with Gasteiger partial charge in [0.1, 0.15) is 18.1 Å². The van der Waals surface area contributed by atoms with E-state index in [1.165, 1.54) is 0 Å². The standard InChI is InChI=1S/C38H40N6O4S/c39-35(45)30(16-22-8-2-1-3-9-22)42-36(46)31(18-24-20-40-29-12-6-4-10-27(24)29)43-37(47)32(19-25-21-49-33-13-7-5-11-28(25)33)44-38(48)34-23-14-15-26(17-23)41-34/h1-13,20-21,23,26,30-32,34,40-41H,14-19H2,(H2,39,45)(H,42,46)(H,43,47)(H,44,48)/t23-,26+,30-,31+,32+,34?/m0/s1. The van der Waals surface area contributed by atoms with Gasteiger partial charge in [-0.1, -0.05) is 66.7 Å². The van der Waals surface area contributed by atoms with E-state index < -0.39 is 35.8 Å². The molecule has 1 saturated heterocycles. The Morgan fingerprint density at radius 2 is 1.43 bits per heavy atom.